The molecular weight excluding hydrogens is 360 g/mol. The lowest BCUT2D eigenvalue weighted by Crippen LogP contribution is -2.32. The minimum atomic E-state index is -0.0132. The number of rotatable bonds is 6. The molecule has 4 aromatic rings. The second-order valence-electron chi connectivity index (χ2n) is 6.02. The molecule has 3 heterocycles. The van der Waals surface area contributed by atoms with Gasteiger partial charge in [-0.05, 0) is 41.4 Å². The minimum absolute atomic E-state index is 0.0132. The number of amides is 1. The van der Waals surface area contributed by atoms with Crippen molar-refractivity contribution >= 4 is 39.5 Å². The maximum atomic E-state index is 13.1. The van der Waals surface area contributed by atoms with Gasteiger partial charge in [0.25, 0.3) is 5.91 Å². The Morgan fingerprint density at radius 2 is 1.65 bits per heavy atom. The molecule has 130 valence electrons. The maximum Gasteiger partial charge on any atom is 0.272 e. The maximum absolute atomic E-state index is 13.1. The number of benzene rings is 1. The van der Waals surface area contributed by atoms with Crippen molar-refractivity contribution in [2.24, 2.45) is 0 Å². The van der Waals surface area contributed by atoms with Crippen LogP contribution in [0.25, 0.3) is 10.9 Å². The number of carbonyl (C=O) groups excluding carboxylic acids is 1. The summed E-state index contributed by atoms with van der Waals surface area (Å²) in [4.78, 5) is 22.1. The van der Waals surface area contributed by atoms with E-state index in [4.69, 9.17) is 0 Å². The van der Waals surface area contributed by atoms with Crippen LogP contribution < -0.4 is 0 Å². The first-order chi connectivity index (χ1) is 12.8. The van der Waals surface area contributed by atoms with Crippen LogP contribution in [-0.4, -0.2) is 22.3 Å². The highest BCUT2D eigenvalue weighted by Gasteiger charge is 2.18. The Kier molecular flexibility index (Phi) is 5.09. The Balaban J connectivity index is 1.58. The molecule has 0 fully saturated rings. The first kappa shape index (κ1) is 16.9. The monoisotopic (exact) mass is 378 g/mol. The highest BCUT2D eigenvalue weighted by Crippen LogP contribution is 2.18. The van der Waals surface area contributed by atoms with Crippen molar-refractivity contribution in [3.05, 3.63) is 86.9 Å². The summed E-state index contributed by atoms with van der Waals surface area (Å²) in [6, 6.07) is 20.0. The summed E-state index contributed by atoms with van der Waals surface area (Å²) in [5.74, 6) is -0.0132. The highest BCUT2D eigenvalue weighted by atomic mass is 32.1. The fourth-order valence-electron chi connectivity index (χ4n) is 2.89. The van der Waals surface area contributed by atoms with E-state index < -0.39 is 0 Å². The SMILES string of the molecule is O=C(c1ccc2ccccc2n1)N(CCc1cccs1)Cc1cccs1. The molecule has 0 spiro atoms. The Bertz CT molecular complexity index is 994. The Morgan fingerprint density at radius 3 is 2.42 bits per heavy atom. The molecule has 0 unspecified atom stereocenters. The molecule has 0 radical (unpaired) electrons. The minimum Gasteiger partial charge on any atom is -0.332 e. The molecule has 0 aliphatic carbocycles. The van der Waals surface area contributed by atoms with Gasteiger partial charge in [-0.1, -0.05) is 36.4 Å². The van der Waals surface area contributed by atoms with Gasteiger partial charge < -0.3 is 4.90 Å². The number of carbonyl (C=O) groups is 1. The van der Waals surface area contributed by atoms with Crippen molar-refractivity contribution in [2.75, 3.05) is 6.54 Å². The predicted octanol–water partition coefficient (Wildman–Crippen LogP) is 5.24. The van der Waals surface area contributed by atoms with Gasteiger partial charge in [-0.3, -0.25) is 4.79 Å². The largest absolute Gasteiger partial charge is 0.332 e. The standard InChI is InChI=1S/C21H18N2OS2/c24-21(20-10-9-16-5-1-2-8-19(16)22-20)23(15-18-7-4-14-26-18)12-11-17-6-3-13-25-17/h1-10,13-14H,11-12,15H2. The molecule has 0 bridgehead atoms. The summed E-state index contributed by atoms with van der Waals surface area (Å²) in [6.45, 7) is 1.31. The van der Waals surface area contributed by atoms with Crippen LogP contribution in [0.5, 0.6) is 0 Å². The van der Waals surface area contributed by atoms with Crippen LogP contribution in [0.15, 0.2) is 71.4 Å². The number of hydrogen-bond acceptors (Lipinski definition) is 4. The summed E-state index contributed by atoms with van der Waals surface area (Å²) < 4.78 is 0. The number of para-hydroxylation sites is 1. The van der Waals surface area contributed by atoms with Gasteiger partial charge in [0.2, 0.25) is 0 Å². The predicted molar refractivity (Wildman–Crippen MR) is 109 cm³/mol. The molecule has 5 heteroatoms. The first-order valence-electron chi connectivity index (χ1n) is 8.49. The van der Waals surface area contributed by atoms with E-state index in [0.29, 0.717) is 18.8 Å². The van der Waals surface area contributed by atoms with E-state index in [1.165, 1.54) is 9.75 Å². The number of fused-ring (bicyclic) bond motifs is 1. The Morgan fingerprint density at radius 1 is 0.885 bits per heavy atom. The molecule has 3 nitrogen and oxygen atoms in total. The van der Waals surface area contributed by atoms with Crippen LogP contribution in [0.1, 0.15) is 20.2 Å². The van der Waals surface area contributed by atoms with Crippen LogP contribution in [-0.2, 0) is 13.0 Å². The topological polar surface area (TPSA) is 33.2 Å². The fraction of sp³-hybridized carbons (Fsp3) is 0.143. The highest BCUT2D eigenvalue weighted by molar-refractivity contribution is 7.10. The van der Waals surface area contributed by atoms with Gasteiger partial charge in [0, 0.05) is 21.7 Å². The summed E-state index contributed by atoms with van der Waals surface area (Å²) in [7, 11) is 0. The van der Waals surface area contributed by atoms with Gasteiger partial charge in [0.15, 0.2) is 0 Å². The molecule has 0 atom stereocenters. The third-order valence-corrected chi connectivity index (χ3v) is 6.04. The average Bonchev–Trinajstić information content (AvgIpc) is 3.38. The zero-order chi connectivity index (χ0) is 17.8. The third kappa shape index (κ3) is 3.84. The van der Waals surface area contributed by atoms with E-state index in [2.05, 4.69) is 28.6 Å². The summed E-state index contributed by atoms with van der Waals surface area (Å²) in [5.41, 5.74) is 1.36. The molecule has 0 aliphatic heterocycles. The van der Waals surface area contributed by atoms with E-state index >= 15 is 0 Å². The van der Waals surface area contributed by atoms with Crippen molar-refractivity contribution < 1.29 is 4.79 Å². The summed E-state index contributed by atoms with van der Waals surface area (Å²) >= 11 is 3.41. The van der Waals surface area contributed by atoms with Gasteiger partial charge in [-0.25, -0.2) is 4.98 Å². The van der Waals surface area contributed by atoms with Crippen LogP contribution in [0, 0.1) is 0 Å². The molecule has 0 aliphatic rings. The Hall–Kier alpha value is -2.50. The molecular formula is C21H18N2OS2. The van der Waals surface area contributed by atoms with Gasteiger partial charge in [-0.2, -0.15) is 0 Å². The quantitative estimate of drug-likeness (QED) is 0.459. The van der Waals surface area contributed by atoms with Crippen molar-refractivity contribution in [3.8, 4) is 0 Å². The van der Waals surface area contributed by atoms with E-state index in [-0.39, 0.29) is 5.91 Å². The molecule has 0 saturated carbocycles. The van der Waals surface area contributed by atoms with Crippen LogP contribution in [0.2, 0.25) is 0 Å². The van der Waals surface area contributed by atoms with Crippen molar-refractivity contribution in [2.45, 2.75) is 13.0 Å². The molecule has 0 N–H and O–H groups in total. The fourth-order valence-corrected chi connectivity index (χ4v) is 4.31. The van der Waals surface area contributed by atoms with E-state index in [1.54, 1.807) is 22.7 Å². The Labute approximate surface area is 160 Å². The molecule has 4 rings (SSSR count). The number of thiophene rings is 2. The van der Waals surface area contributed by atoms with E-state index in [1.807, 2.05) is 52.7 Å². The number of hydrogen-bond donors (Lipinski definition) is 0. The van der Waals surface area contributed by atoms with Crippen LogP contribution in [0.3, 0.4) is 0 Å². The van der Waals surface area contributed by atoms with Crippen molar-refractivity contribution in [1.29, 1.82) is 0 Å². The number of pyridine rings is 1. The zero-order valence-corrected chi connectivity index (χ0v) is 15.8. The van der Waals surface area contributed by atoms with Gasteiger partial charge in [0.1, 0.15) is 5.69 Å². The van der Waals surface area contributed by atoms with E-state index in [9.17, 15) is 4.79 Å². The summed E-state index contributed by atoms with van der Waals surface area (Å²) in [6.07, 6.45) is 0.863. The van der Waals surface area contributed by atoms with Gasteiger partial charge in [0.05, 0.1) is 12.1 Å². The van der Waals surface area contributed by atoms with Crippen LogP contribution in [0.4, 0.5) is 0 Å². The third-order valence-electron chi connectivity index (χ3n) is 4.24. The van der Waals surface area contributed by atoms with E-state index in [0.717, 1.165) is 17.3 Å². The lowest BCUT2D eigenvalue weighted by molar-refractivity contribution is 0.0741. The normalized spacial score (nSPS) is 10.9. The molecule has 26 heavy (non-hydrogen) atoms. The molecule has 1 amide bonds. The van der Waals surface area contributed by atoms with Crippen molar-refractivity contribution in [1.82, 2.24) is 9.88 Å². The van der Waals surface area contributed by atoms with Crippen molar-refractivity contribution in [3.63, 3.8) is 0 Å². The number of nitrogens with zero attached hydrogens (tertiary/aromatic N) is 2. The lowest BCUT2D eigenvalue weighted by atomic mass is 10.2. The second-order valence-corrected chi connectivity index (χ2v) is 8.09. The molecule has 3 aromatic heterocycles. The average molecular weight is 379 g/mol. The lowest BCUT2D eigenvalue weighted by Gasteiger charge is -2.21. The smallest absolute Gasteiger partial charge is 0.272 e. The second kappa shape index (κ2) is 7.81. The zero-order valence-electron chi connectivity index (χ0n) is 14.2. The van der Waals surface area contributed by atoms with Crippen LogP contribution >= 0.6 is 22.7 Å². The molecule has 1 aromatic carbocycles. The first-order valence-corrected chi connectivity index (χ1v) is 10.3. The molecule has 0 saturated heterocycles. The summed E-state index contributed by atoms with van der Waals surface area (Å²) in [5, 5.41) is 5.17. The van der Waals surface area contributed by atoms with Gasteiger partial charge >= 0.3 is 0 Å². The van der Waals surface area contributed by atoms with Gasteiger partial charge in [-0.15, -0.1) is 22.7 Å². The number of aromatic nitrogens is 1.